The fourth-order valence-corrected chi connectivity index (χ4v) is 1.62. The first-order chi connectivity index (χ1) is 6.15. The molecule has 0 bridgehead atoms. The highest BCUT2D eigenvalue weighted by molar-refractivity contribution is 5.85. The highest BCUT2D eigenvalue weighted by atomic mass is 19.3. The minimum atomic E-state index is -2.37. The van der Waals surface area contributed by atoms with E-state index in [1.165, 1.54) is 0 Å². The van der Waals surface area contributed by atoms with Gasteiger partial charge in [-0.2, -0.15) is 0 Å². The van der Waals surface area contributed by atoms with Gasteiger partial charge in [0, 0.05) is 0 Å². The Morgan fingerprint density at radius 1 is 1.69 bits per heavy atom. The molecule has 76 valence electrons. The summed E-state index contributed by atoms with van der Waals surface area (Å²) in [5.74, 6) is 0.0261. The van der Waals surface area contributed by atoms with Crippen LogP contribution in [0.4, 0.5) is 8.78 Å². The number of rotatable bonds is 3. The zero-order valence-corrected chi connectivity index (χ0v) is 7.16. The molecular formula is C7H13F2N3O. The number of halogens is 2. The second-order valence-electron chi connectivity index (χ2n) is 3.07. The van der Waals surface area contributed by atoms with Crippen molar-refractivity contribution < 1.29 is 14.0 Å². The summed E-state index contributed by atoms with van der Waals surface area (Å²) < 4.78 is 24.1. The Labute approximate surface area is 75.0 Å². The van der Waals surface area contributed by atoms with Crippen LogP contribution in [0, 0.1) is 0 Å². The Kier molecular flexibility index (Phi) is 3.41. The Bertz CT molecular complexity index is 198. The third-order valence-corrected chi connectivity index (χ3v) is 2.19. The lowest BCUT2D eigenvalue weighted by Gasteiger charge is -2.22. The summed E-state index contributed by atoms with van der Waals surface area (Å²) in [4.78, 5) is 1.54. The van der Waals surface area contributed by atoms with E-state index >= 15 is 0 Å². The molecule has 0 aromatic heterocycles. The van der Waals surface area contributed by atoms with E-state index < -0.39 is 6.43 Å². The molecule has 0 amide bonds. The van der Waals surface area contributed by atoms with E-state index in [1.54, 1.807) is 4.90 Å². The summed E-state index contributed by atoms with van der Waals surface area (Å²) in [5.41, 5.74) is 5.36. The van der Waals surface area contributed by atoms with Gasteiger partial charge in [0.05, 0.1) is 12.6 Å². The normalized spacial score (nSPS) is 25.8. The van der Waals surface area contributed by atoms with Crippen LogP contribution in [0.15, 0.2) is 5.16 Å². The van der Waals surface area contributed by atoms with Crippen LogP contribution in [0.3, 0.4) is 0 Å². The van der Waals surface area contributed by atoms with Crippen molar-refractivity contribution in [3.05, 3.63) is 0 Å². The largest absolute Gasteiger partial charge is 0.409 e. The fraction of sp³-hybridized carbons (Fsp3) is 0.857. The minimum Gasteiger partial charge on any atom is -0.409 e. The van der Waals surface area contributed by atoms with Crippen LogP contribution in [0.5, 0.6) is 0 Å². The first-order valence-electron chi connectivity index (χ1n) is 4.14. The number of alkyl halides is 2. The summed E-state index contributed by atoms with van der Waals surface area (Å²) in [6.07, 6.45) is -0.872. The average Bonchev–Trinajstić information content (AvgIpc) is 2.50. The first-order valence-corrected chi connectivity index (χ1v) is 4.14. The van der Waals surface area contributed by atoms with Gasteiger partial charge in [-0.25, -0.2) is 8.78 Å². The Morgan fingerprint density at radius 3 is 2.92 bits per heavy atom. The van der Waals surface area contributed by atoms with Crippen molar-refractivity contribution in [3.63, 3.8) is 0 Å². The van der Waals surface area contributed by atoms with Crippen molar-refractivity contribution in [2.24, 2.45) is 10.9 Å². The highest BCUT2D eigenvalue weighted by Gasteiger charge is 2.29. The molecule has 1 heterocycles. The van der Waals surface area contributed by atoms with Gasteiger partial charge in [0.2, 0.25) is 0 Å². The molecule has 4 nitrogen and oxygen atoms in total. The summed E-state index contributed by atoms with van der Waals surface area (Å²) in [5, 5.41) is 11.2. The van der Waals surface area contributed by atoms with Gasteiger partial charge < -0.3 is 10.9 Å². The number of hydrogen-bond acceptors (Lipinski definition) is 3. The second-order valence-corrected chi connectivity index (χ2v) is 3.07. The molecule has 0 radical (unpaired) electrons. The van der Waals surface area contributed by atoms with Gasteiger partial charge in [0.1, 0.15) is 0 Å². The van der Waals surface area contributed by atoms with Crippen LogP contribution in [-0.2, 0) is 0 Å². The Morgan fingerprint density at radius 2 is 2.38 bits per heavy atom. The molecule has 0 saturated carbocycles. The Hall–Kier alpha value is -0.910. The third kappa shape index (κ3) is 2.51. The lowest BCUT2D eigenvalue weighted by molar-refractivity contribution is 0.0918. The average molecular weight is 193 g/mol. The molecule has 0 spiro atoms. The maximum absolute atomic E-state index is 12.0. The quantitative estimate of drug-likeness (QED) is 0.296. The summed E-state index contributed by atoms with van der Waals surface area (Å²) in [6, 6.07) is -0.320. The van der Waals surface area contributed by atoms with Crippen LogP contribution in [0.1, 0.15) is 12.8 Å². The SMILES string of the molecule is NC(=NO)C1CCCN1CC(F)F. The summed E-state index contributed by atoms with van der Waals surface area (Å²) >= 11 is 0. The monoisotopic (exact) mass is 193 g/mol. The van der Waals surface area contributed by atoms with Gasteiger partial charge in [-0.3, -0.25) is 4.90 Å². The lowest BCUT2D eigenvalue weighted by atomic mass is 10.2. The van der Waals surface area contributed by atoms with E-state index in [0.717, 1.165) is 6.42 Å². The number of amidine groups is 1. The molecule has 1 saturated heterocycles. The molecule has 13 heavy (non-hydrogen) atoms. The molecule has 0 aromatic carbocycles. The van der Waals surface area contributed by atoms with Crippen molar-refractivity contribution in [2.45, 2.75) is 25.3 Å². The van der Waals surface area contributed by atoms with E-state index in [-0.39, 0.29) is 18.4 Å². The highest BCUT2D eigenvalue weighted by Crippen LogP contribution is 2.18. The van der Waals surface area contributed by atoms with E-state index in [2.05, 4.69) is 5.16 Å². The molecule has 1 atom stereocenters. The molecule has 0 aliphatic carbocycles. The zero-order valence-electron chi connectivity index (χ0n) is 7.16. The first kappa shape index (κ1) is 10.2. The molecule has 6 heteroatoms. The molecule has 3 N–H and O–H groups in total. The van der Waals surface area contributed by atoms with Crippen molar-refractivity contribution in [1.82, 2.24) is 4.90 Å². The maximum atomic E-state index is 12.0. The predicted octanol–water partition coefficient (Wildman–Crippen LogP) is 0.462. The van der Waals surface area contributed by atoms with Crippen molar-refractivity contribution >= 4 is 5.84 Å². The van der Waals surface area contributed by atoms with Crippen molar-refractivity contribution in [3.8, 4) is 0 Å². The van der Waals surface area contributed by atoms with Gasteiger partial charge in [0.15, 0.2) is 5.84 Å². The molecule has 0 aromatic rings. The van der Waals surface area contributed by atoms with Crippen LogP contribution in [0.25, 0.3) is 0 Å². The number of nitrogens with zero attached hydrogens (tertiary/aromatic N) is 2. The van der Waals surface area contributed by atoms with E-state index in [9.17, 15) is 8.78 Å². The molecule has 1 unspecified atom stereocenters. The summed E-state index contributed by atoms with van der Waals surface area (Å²) in [7, 11) is 0. The topological polar surface area (TPSA) is 61.9 Å². The molecule has 1 fully saturated rings. The zero-order chi connectivity index (χ0) is 9.84. The Balaban J connectivity index is 2.53. The standard InChI is InChI=1S/C7H13F2N3O/c8-6(9)4-12-3-1-2-5(12)7(10)11-13/h5-6,13H,1-4H2,(H2,10,11). The second kappa shape index (κ2) is 4.36. The van der Waals surface area contributed by atoms with Crippen LogP contribution < -0.4 is 5.73 Å². The predicted molar refractivity (Wildman–Crippen MR) is 44.0 cm³/mol. The van der Waals surface area contributed by atoms with Crippen molar-refractivity contribution in [1.29, 1.82) is 0 Å². The molecule has 1 aliphatic rings. The van der Waals surface area contributed by atoms with Gasteiger partial charge in [-0.15, -0.1) is 0 Å². The smallest absolute Gasteiger partial charge is 0.251 e. The van der Waals surface area contributed by atoms with Gasteiger partial charge in [0.25, 0.3) is 6.43 Å². The van der Waals surface area contributed by atoms with E-state index in [4.69, 9.17) is 10.9 Å². The van der Waals surface area contributed by atoms with E-state index in [1.807, 2.05) is 0 Å². The van der Waals surface area contributed by atoms with Crippen LogP contribution in [0.2, 0.25) is 0 Å². The molecule has 1 rings (SSSR count). The summed E-state index contributed by atoms with van der Waals surface area (Å²) in [6.45, 7) is 0.284. The van der Waals surface area contributed by atoms with Gasteiger partial charge >= 0.3 is 0 Å². The number of hydrogen-bond donors (Lipinski definition) is 2. The van der Waals surface area contributed by atoms with Crippen LogP contribution >= 0.6 is 0 Å². The number of oxime groups is 1. The van der Waals surface area contributed by atoms with Crippen molar-refractivity contribution in [2.75, 3.05) is 13.1 Å². The minimum absolute atomic E-state index is 0.0261. The number of nitrogens with two attached hydrogens (primary N) is 1. The fourth-order valence-electron chi connectivity index (χ4n) is 1.62. The van der Waals surface area contributed by atoms with Gasteiger partial charge in [-0.05, 0) is 19.4 Å². The number of likely N-dealkylation sites (tertiary alicyclic amines) is 1. The van der Waals surface area contributed by atoms with Crippen LogP contribution in [-0.4, -0.2) is 41.5 Å². The van der Waals surface area contributed by atoms with E-state index in [0.29, 0.717) is 13.0 Å². The maximum Gasteiger partial charge on any atom is 0.251 e. The molecule has 1 aliphatic heterocycles. The lowest BCUT2D eigenvalue weighted by Crippen LogP contribution is -2.42. The van der Waals surface area contributed by atoms with Gasteiger partial charge in [-0.1, -0.05) is 5.16 Å². The molecular weight excluding hydrogens is 180 g/mol. The third-order valence-electron chi connectivity index (χ3n) is 2.19.